The van der Waals surface area contributed by atoms with Crippen molar-refractivity contribution >= 4 is 5.91 Å². The van der Waals surface area contributed by atoms with E-state index in [0.717, 1.165) is 13.1 Å². The minimum absolute atomic E-state index is 0.114. The first kappa shape index (κ1) is 12.9. The van der Waals surface area contributed by atoms with Crippen molar-refractivity contribution in [2.75, 3.05) is 13.1 Å². The molecule has 0 bridgehead atoms. The van der Waals surface area contributed by atoms with Crippen LogP contribution in [0.4, 0.5) is 0 Å². The summed E-state index contributed by atoms with van der Waals surface area (Å²) >= 11 is 0. The number of rotatable bonds is 1. The highest BCUT2D eigenvalue weighted by Crippen LogP contribution is 2.44. The molecule has 1 saturated heterocycles. The van der Waals surface area contributed by atoms with E-state index in [1.807, 2.05) is 4.90 Å². The summed E-state index contributed by atoms with van der Waals surface area (Å²) in [4.78, 5) is 14.1. The van der Waals surface area contributed by atoms with Crippen molar-refractivity contribution in [3.8, 4) is 0 Å². The fourth-order valence-corrected chi connectivity index (χ4v) is 3.39. The molecule has 3 nitrogen and oxygen atoms in total. The van der Waals surface area contributed by atoms with Crippen LogP contribution in [-0.4, -0.2) is 29.4 Å². The number of hydrogen-bond donors (Lipinski definition) is 1. The van der Waals surface area contributed by atoms with Gasteiger partial charge in [-0.2, -0.15) is 0 Å². The Balaban J connectivity index is 1.91. The Labute approximate surface area is 105 Å². The second-order valence-corrected chi connectivity index (χ2v) is 6.57. The number of carbonyl (C=O) groups is 1. The summed E-state index contributed by atoms with van der Waals surface area (Å²) in [5, 5.41) is 0. The van der Waals surface area contributed by atoms with E-state index in [1.165, 1.54) is 44.9 Å². The second kappa shape index (κ2) is 4.60. The standard InChI is InChI=1S/C14H26N2O/c1-13(2,15)12(17)16-10-8-14(9-11-16)6-4-3-5-7-14/h3-11,15H2,1-2H3. The highest BCUT2D eigenvalue weighted by atomic mass is 16.2. The van der Waals surface area contributed by atoms with Crippen LogP contribution < -0.4 is 5.73 Å². The van der Waals surface area contributed by atoms with Gasteiger partial charge in [0.25, 0.3) is 0 Å². The summed E-state index contributed by atoms with van der Waals surface area (Å²) in [7, 11) is 0. The molecule has 0 aromatic rings. The van der Waals surface area contributed by atoms with Crippen LogP contribution in [0.15, 0.2) is 0 Å². The van der Waals surface area contributed by atoms with Crippen LogP contribution in [0.2, 0.25) is 0 Å². The molecule has 2 aliphatic rings. The SMILES string of the molecule is CC(C)(N)C(=O)N1CCC2(CCCCC2)CC1. The average Bonchev–Trinajstić information content (AvgIpc) is 2.29. The molecular weight excluding hydrogens is 212 g/mol. The Morgan fingerprint density at radius 1 is 1.06 bits per heavy atom. The lowest BCUT2D eigenvalue weighted by molar-refractivity contribution is -0.138. The van der Waals surface area contributed by atoms with Gasteiger partial charge in [0, 0.05) is 13.1 Å². The zero-order chi connectivity index (χ0) is 12.5. The number of likely N-dealkylation sites (tertiary alicyclic amines) is 1. The van der Waals surface area contributed by atoms with Gasteiger partial charge in [0.15, 0.2) is 0 Å². The number of amides is 1. The molecule has 0 aromatic carbocycles. The van der Waals surface area contributed by atoms with Gasteiger partial charge in [-0.1, -0.05) is 19.3 Å². The Bertz CT molecular complexity index is 277. The van der Waals surface area contributed by atoms with Crippen molar-refractivity contribution in [3.63, 3.8) is 0 Å². The lowest BCUT2D eigenvalue weighted by Crippen LogP contribution is -2.54. The summed E-state index contributed by atoms with van der Waals surface area (Å²) in [6.45, 7) is 5.44. The third kappa shape index (κ3) is 2.82. The summed E-state index contributed by atoms with van der Waals surface area (Å²) < 4.78 is 0. The average molecular weight is 238 g/mol. The zero-order valence-electron chi connectivity index (χ0n) is 11.3. The molecule has 17 heavy (non-hydrogen) atoms. The third-order valence-corrected chi connectivity index (χ3v) is 4.58. The molecule has 1 spiro atoms. The van der Waals surface area contributed by atoms with E-state index in [4.69, 9.17) is 5.73 Å². The van der Waals surface area contributed by atoms with Crippen LogP contribution in [0.1, 0.15) is 58.8 Å². The molecule has 2 fully saturated rings. The van der Waals surface area contributed by atoms with Gasteiger partial charge >= 0.3 is 0 Å². The van der Waals surface area contributed by atoms with Crippen LogP contribution in [0, 0.1) is 5.41 Å². The van der Waals surface area contributed by atoms with Crippen molar-refractivity contribution in [1.82, 2.24) is 4.90 Å². The minimum Gasteiger partial charge on any atom is -0.341 e. The van der Waals surface area contributed by atoms with Crippen LogP contribution in [0.3, 0.4) is 0 Å². The fraction of sp³-hybridized carbons (Fsp3) is 0.929. The molecular formula is C14H26N2O. The van der Waals surface area contributed by atoms with Crippen LogP contribution >= 0.6 is 0 Å². The Morgan fingerprint density at radius 3 is 2.06 bits per heavy atom. The van der Waals surface area contributed by atoms with Gasteiger partial charge in [-0.15, -0.1) is 0 Å². The Morgan fingerprint density at radius 2 is 1.59 bits per heavy atom. The highest BCUT2D eigenvalue weighted by molar-refractivity contribution is 5.85. The number of hydrogen-bond acceptors (Lipinski definition) is 2. The van der Waals surface area contributed by atoms with E-state index in [1.54, 1.807) is 13.8 Å². The summed E-state index contributed by atoms with van der Waals surface area (Å²) in [5.74, 6) is 0.114. The van der Waals surface area contributed by atoms with Gasteiger partial charge in [0.2, 0.25) is 5.91 Å². The van der Waals surface area contributed by atoms with Gasteiger partial charge in [-0.3, -0.25) is 4.79 Å². The van der Waals surface area contributed by atoms with Gasteiger partial charge in [-0.25, -0.2) is 0 Å². The van der Waals surface area contributed by atoms with Crippen molar-refractivity contribution in [1.29, 1.82) is 0 Å². The molecule has 1 saturated carbocycles. The van der Waals surface area contributed by atoms with E-state index in [2.05, 4.69) is 0 Å². The maximum Gasteiger partial charge on any atom is 0.242 e. The van der Waals surface area contributed by atoms with Gasteiger partial charge in [0.05, 0.1) is 5.54 Å². The number of piperidine rings is 1. The Kier molecular flexibility index (Phi) is 3.48. The maximum absolute atomic E-state index is 12.1. The molecule has 1 amide bonds. The van der Waals surface area contributed by atoms with Crippen LogP contribution in [0.25, 0.3) is 0 Å². The third-order valence-electron chi connectivity index (χ3n) is 4.58. The molecule has 3 heteroatoms. The fourth-order valence-electron chi connectivity index (χ4n) is 3.39. The predicted octanol–water partition coefficient (Wildman–Crippen LogP) is 2.30. The van der Waals surface area contributed by atoms with E-state index < -0.39 is 5.54 Å². The first-order chi connectivity index (χ1) is 7.93. The molecule has 2 rings (SSSR count). The van der Waals surface area contributed by atoms with Crippen LogP contribution in [-0.2, 0) is 4.79 Å². The Hall–Kier alpha value is -0.570. The van der Waals surface area contributed by atoms with E-state index in [-0.39, 0.29) is 5.91 Å². The summed E-state index contributed by atoms with van der Waals surface area (Å²) in [6.07, 6.45) is 9.30. The monoisotopic (exact) mass is 238 g/mol. The number of nitrogens with two attached hydrogens (primary N) is 1. The highest BCUT2D eigenvalue weighted by Gasteiger charge is 2.38. The lowest BCUT2D eigenvalue weighted by atomic mass is 9.68. The molecule has 2 N–H and O–H groups in total. The largest absolute Gasteiger partial charge is 0.341 e. The minimum atomic E-state index is -0.711. The molecule has 0 atom stereocenters. The quantitative estimate of drug-likeness (QED) is 0.762. The lowest BCUT2D eigenvalue weighted by Gasteiger charge is -2.45. The molecule has 1 aliphatic heterocycles. The summed E-state index contributed by atoms with van der Waals surface area (Å²) in [5.41, 5.74) is 5.74. The van der Waals surface area contributed by atoms with Crippen molar-refractivity contribution in [2.45, 2.75) is 64.3 Å². The van der Waals surface area contributed by atoms with E-state index >= 15 is 0 Å². The molecule has 1 heterocycles. The normalized spacial score (nSPS) is 25.0. The zero-order valence-corrected chi connectivity index (χ0v) is 11.3. The van der Waals surface area contributed by atoms with Gasteiger partial charge < -0.3 is 10.6 Å². The maximum atomic E-state index is 12.1. The first-order valence-electron chi connectivity index (χ1n) is 7.01. The van der Waals surface area contributed by atoms with Crippen LogP contribution in [0.5, 0.6) is 0 Å². The topological polar surface area (TPSA) is 46.3 Å². The number of carbonyl (C=O) groups excluding carboxylic acids is 1. The molecule has 1 aliphatic carbocycles. The van der Waals surface area contributed by atoms with Crippen molar-refractivity contribution in [2.24, 2.45) is 11.1 Å². The predicted molar refractivity (Wildman–Crippen MR) is 69.6 cm³/mol. The second-order valence-electron chi connectivity index (χ2n) is 6.57. The molecule has 0 unspecified atom stereocenters. The molecule has 0 aromatic heterocycles. The van der Waals surface area contributed by atoms with Crippen molar-refractivity contribution < 1.29 is 4.79 Å². The van der Waals surface area contributed by atoms with E-state index in [9.17, 15) is 4.79 Å². The van der Waals surface area contributed by atoms with Gasteiger partial charge in [-0.05, 0) is 44.9 Å². The van der Waals surface area contributed by atoms with E-state index in [0.29, 0.717) is 5.41 Å². The first-order valence-corrected chi connectivity index (χ1v) is 7.01. The number of nitrogens with zero attached hydrogens (tertiary/aromatic N) is 1. The molecule has 98 valence electrons. The van der Waals surface area contributed by atoms with Crippen molar-refractivity contribution in [3.05, 3.63) is 0 Å². The summed E-state index contributed by atoms with van der Waals surface area (Å²) in [6, 6.07) is 0. The smallest absolute Gasteiger partial charge is 0.242 e. The van der Waals surface area contributed by atoms with Gasteiger partial charge in [0.1, 0.15) is 0 Å². The molecule has 0 radical (unpaired) electrons.